The van der Waals surface area contributed by atoms with E-state index in [0.29, 0.717) is 25.0 Å². The van der Waals surface area contributed by atoms with Gasteiger partial charge in [-0.1, -0.05) is 19.3 Å². The summed E-state index contributed by atoms with van der Waals surface area (Å²) in [5.74, 6) is 1.27. The minimum atomic E-state index is -0.522. The second-order valence-corrected chi connectivity index (χ2v) is 8.42. The van der Waals surface area contributed by atoms with Crippen molar-refractivity contribution >= 4 is 17.8 Å². The number of hydrogen-bond donors (Lipinski definition) is 3. The molecule has 154 valence electrons. The number of rotatable bonds is 6. The largest absolute Gasteiger partial charge is 0.356 e. The van der Waals surface area contributed by atoms with Crippen LogP contribution in [-0.2, 0) is 9.59 Å². The van der Waals surface area contributed by atoms with Crippen molar-refractivity contribution in [3.05, 3.63) is 0 Å². The lowest BCUT2D eigenvalue weighted by Gasteiger charge is -2.27. The van der Waals surface area contributed by atoms with Crippen LogP contribution in [0.4, 0.5) is 0 Å². The molecule has 2 aliphatic rings. The number of likely N-dealkylation sites (tertiary alicyclic amines) is 1. The van der Waals surface area contributed by atoms with Gasteiger partial charge in [0.05, 0.1) is 5.41 Å². The van der Waals surface area contributed by atoms with Crippen molar-refractivity contribution in [3.8, 4) is 0 Å². The Morgan fingerprint density at radius 2 is 1.81 bits per heavy atom. The van der Waals surface area contributed by atoms with E-state index in [2.05, 4.69) is 20.9 Å². The normalized spacial score (nSPS) is 21.9. The summed E-state index contributed by atoms with van der Waals surface area (Å²) >= 11 is 0. The van der Waals surface area contributed by atoms with Gasteiger partial charge in [-0.25, -0.2) is 0 Å². The highest BCUT2D eigenvalue weighted by Crippen LogP contribution is 2.26. The van der Waals surface area contributed by atoms with Gasteiger partial charge in [-0.3, -0.25) is 14.6 Å². The summed E-state index contributed by atoms with van der Waals surface area (Å²) in [4.78, 5) is 31.1. The SMILES string of the molecule is CCNC(=O)C(C)(C)CNC(=NC)NC1CCN(C(=O)C2CCCCC2)C1. The molecule has 2 amide bonds. The fraction of sp³-hybridized carbons (Fsp3) is 0.850. The molecule has 7 heteroatoms. The van der Waals surface area contributed by atoms with E-state index in [9.17, 15) is 9.59 Å². The van der Waals surface area contributed by atoms with Gasteiger partial charge >= 0.3 is 0 Å². The topological polar surface area (TPSA) is 85.8 Å². The predicted molar refractivity (Wildman–Crippen MR) is 109 cm³/mol. The van der Waals surface area contributed by atoms with Crippen LogP contribution in [-0.4, -0.2) is 61.9 Å². The molecule has 0 aromatic rings. The maximum absolute atomic E-state index is 12.7. The van der Waals surface area contributed by atoms with Gasteiger partial charge in [0.2, 0.25) is 11.8 Å². The highest BCUT2D eigenvalue weighted by molar-refractivity contribution is 5.84. The summed E-state index contributed by atoms with van der Waals surface area (Å²) in [5, 5.41) is 9.53. The number of aliphatic imine (C=N–C) groups is 1. The number of nitrogens with zero attached hydrogens (tertiary/aromatic N) is 2. The summed E-state index contributed by atoms with van der Waals surface area (Å²) in [6, 6.07) is 0.205. The lowest BCUT2D eigenvalue weighted by molar-refractivity contribution is -0.135. The van der Waals surface area contributed by atoms with Crippen molar-refractivity contribution in [1.29, 1.82) is 0 Å². The van der Waals surface area contributed by atoms with Crippen LogP contribution in [0.1, 0.15) is 59.3 Å². The van der Waals surface area contributed by atoms with Crippen molar-refractivity contribution in [2.24, 2.45) is 16.3 Å². The van der Waals surface area contributed by atoms with E-state index in [1.807, 2.05) is 25.7 Å². The van der Waals surface area contributed by atoms with Gasteiger partial charge in [0.15, 0.2) is 5.96 Å². The Kier molecular flexibility index (Phi) is 7.92. The molecule has 1 saturated heterocycles. The first kappa shape index (κ1) is 21.5. The molecule has 1 aliphatic carbocycles. The highest BCUT2D eigenvalue weighted by atomic mass is 16.2. The average Bonchev–Trinajstić information content (AvgIpc) is 3.14. The molecule has 0 spiro atoms. The van der Waals surface area contributed by atoms with Crippen molar-refractivity contribution in [3.63, 3.8) is 0 Å². The molecule has 0 aromatic carbocycles. The molecular formula is C20H37N5O2. The second-order valence-electron chi connectivity index (χ2n) is 8.42. The van der Waals surface area contributed by atoms with E-state index in [1.165, 1.54) is 19.3 Å². The maximum atomic E-state index is 12.7. The van der Waals surface area contributed by atoms with Gasteiger partial charge in [0.25, 0.3) is 0 Å². The first-order chi connectivity index (χ1) is 12.9. The van der Waals surface area contributed by atoms with Crippen molar-refractivity contribution in [1.82, 2.24) is 20.9 Å². The molecule has 1 atom stereocenters. The summed E-state index contributed by atoms with van der Waals surface area (Å²) in [7, 11) is 1.73. The maximum Gasteiger partial charge on any atom is 0.227 e. The molecule has 0 aromatic heterocycles. The van der Waals surface area contributed by atoms with E-state index >= 15 is 0 Å². The number of hydrogen-bond acceptors (Lipinski definition) is 3. The number of carbonyl (C=O) groups is 2. The van der Waals surface area contributed by atoms with Crippen LogP contribution in [0.2, 0.25) is 0 Å². The molecule has 0 radical (unpaired) electrons. The van der Waals surface area contributed by atoms with Crippen molar-refractivity contribution in [2.45, 2.75) is 65.3 Å². The van der Waals surface area contributed by atoms with Crippen LogP contribution in [0.3, 0.4) is 0 Å². The lowest BCUT2D eigenvalue weighted by atomic mass is 9.88. The first-order valence-corrected chi connectivity index (χ1v) is 10.4. The molecule has 1 aliphatic heterocycles. The molecule has 1 heterocycles. The number of guanidine groups is 1. The lowest BCUT2D eigenvalue weighted by Crippen LogP contribution is -2.50. The standard InChI is InChI=1S/C20H37N5O2/c1-5-22-18(27)20(2,3)14-23-19(21-4)24-16-11-12-25(13-16)17(26)15-9-7-6-8-10-15/h15-16H,5-14H2,1-4H3,(H,22,27)(H2,21,23,24). The molecule has 7 nitrogen and oxygen atoms in total. The summed E-state index contributed by atoms with van der Waals surface area (Å²) < 4.78 is 0. The van der Waals surface area contributed by atoms with E-state index in [1.54, 1.807) is 7.05 Å². The van der Waals surface area contributed by atoms with Gasteiger partial charge in [-0.15, -0.1) is 0 Å². The fourth-order valence-electron chi connectivity index (χ4n) is 3.86. The molecule has 2 fully saturated rings. The van der Waals surface area contributed by atoms with Crippen LogP contribution in [0.5, 0.6) is 0 Å². The van der Waals surface area contributed by atoms with Crippen LogP contribution >= 0.6 is 0 Å². The number of nitrogens with one attached hydrogen (secondary N) is 3. The van der Waals surface area contributed by atoms with Gasteiger partial charge < -0.3 is 20.9 Å². The van der Waals surface area contributed by atoms with Crippen LogP contribution in [0, 0.1) is 11.3 Å². The first-order valence-electron chi connectivity index (χ1n) is 10.4. The third-order valence-corrected chi connectivity index (χ3v) is 5.67. The minimum Gasteiger partial charge on any atom is -0.356 e. The summed E-state index contributed by atoms with van der Waals surface area (Å²) in [5.41, 5.74) is -0.522. The van der Waals surface area contributed by atoms with E-state index in [-0.39, 0.29) is 17.9 Å². The van der Waals surface area contributed by atoms with Gasteiger partial charge in [0.1, 0.15) is 0 Å². The molecule has 1 saturated carbocycles. The summed E-state index contributed by atoms with van der Waals surface area (Å²) in [6.45, 7) is 8.42. The monoisotopic (exact) mass is 379 g/mol. The Labute approximate surface area is 163 Å². The van der Waals surface area contributed by atoms with E-state index < -0.39 is 5.41 Å². The number of amides is 2. The zero-order valence-electron chi connectivity index (χ0n) is 17.4. The molecule has 2 rings (SSSR count). The van der Waals surface area contributed by atoms with E-state index in [0.717, 1.165) is 32.4 Å². The van der Waals surface area contributed by atoms with Crippen molar-refractivity contribution in [2.75, 3.05) is 33.2 Å². The Balaban J connectivity index is 1.80. The number of carbonyl (C=O) groups excluding carboxylic acids is 2. The van der Waals surface area contributed by atoms with Crippen LogP contribution in [0.25, 0.3) is 0 Å². The Morgan fingerprint density at radius 3 is 2.44 bits per heavy atom. The zero-order chi connectivity index (χ0) is 19.9. The Bertz CT molecular complexity index is 540. The van der Waals surface area contributed by atoms with Gasteiger partial charge in [-0.05, 0) is 40.0 Å². The van der Waals surface area contributed by atoms with E-state index in [4.69, 9.17) is 0 Å². The third-order valence-electron chi connectivity index (χ3n) is 5.67. The molecule has 27 heavy (non-hydrogen) atoms. The van der Waals surface area contributed by atoms with Crippen LogP contribution < -0.4 is 16.0 Å². The fourth-order valence-corrected chi connectivity index (χ4v) is 3.86. The average molecular weight is 380 g/mol. The zero-order valence-corrected chi connectivity index (χ0v) is 17.4. The quantitative estimate of drug-likeness (QED) is 0.482. The highest BCUT2D eigenvalue weighted by Gasteiger charge is 2.32. The Morgan fingerprint density at radius 1 is 1.11 bits per heavy atom. The molecule has 0 bridgehead atoms. The molecule has 3 N–H and O–H groups in total. The molecular weight excluding hydrogens is 342 g/mol. The van der Waals surface area contributed by atoms with Crippen molar-refractivity contribution < 1.29 is 9.59 Å². The second kappa shape index (κ2) is 9.95. The Hall–Kier alpha value is -1.79. The minimum absolute atomic E-state index is 0.0260. The smallest absolute Gasteiger partial charge is 0.227 e. The van der Waals surface area contributed by atoms with Gasteiger partial charge in [0, 0.05) is 45.2 Å². The van der Waals surface area contributed by atoms with Crippen LogP contribution in [0.15, 0.2) is 4.99 Å². The van der Waals surface area contributed by atoms with Gasteiger partial charge in [-0.2, -0.15) is 0 Å². The molecule has 1 unspecified atom stereocenters. The predicted octanol–water partition coefficient (Wildman–Crippen LogP) is 1.49. The summed E-state index contributed by atoms with van der Waals surface area (Å²) in [6.07, 6.45) is 6.66. The third kappa shape index (κ3) is 6.11.